The van der Waals surface area contributed by atoms with E-state index in [1.54, 1.807) is 4.68 Å². The molecule has 1 saturated carbocycles. The zero-order valence-corrected chi connectivity index (χ0v) is 14.0. The monoisotopic (exact) mass is 324 g/mol. The van der Waals surface area contributed by atoms with Crippen LogP contribution in [0, 0.1) is 5.92 Å². The maximum Gasteiger partial charge on any atom is 0.225 e. The topological polar surface area (TPSA) is 59.0 Å². The predicted octanol–water partition coefficient (Wildman–Crippen LogP) is 1.79. The van der Waals surface area contributed by atoms with Gasteiger partial charge in [-0.2, -0.15) is 5.10 Å². The summed E-state index contributed by atoms with van der Waals surface area (Å²) in [5.41, 5.74) is 2.54. The van der Waals surface area contributed by atoms with Gasteiger partial charge in [-0.1, -0.05) is 30.3 Å². The summed E-state index contributed by atoms with van der Waals surface area (Å²) in [6.07, 6.45) is 6.00. The van der Waals surface area contributed by atoms with E-state index in [0.29, 0.717) is 12.0 Å². The number of rotatable bonds is 4. The van der Waals surface area contributed by atoms with Gasteiger partial charge in [-0.25, -0.2) is 0 Å². The molecule has 126 valence electrons. The second kappa shape index (κ2) is 6.40. The van der Waals surface area contributed by atoms with Crippen molar-refractivity contribution in [2.45, 2.75) is 30.7 Å². The normalized spacial score (nSPS) is 29.2. The summed E-state index contributed by atoms with van der Waals surface area (Å²) >= 11 is 0. The summed E-state index contributed by atoms with van der Waals surface area (Å²) in [6.45, 7) is 1.60. The van der Waals surface area contributed by atoms with E-state index in [2.05, 4.69) is 40.0 Å². The quantitative estimate of drug-likeness (QED) is 0.901. The van der Waals surface area contributed by atoms with Crippen LogP contribution in [0.2, 0.25) is 0 Å². The standard InChI is InChI=1S/C19H24N4O/c1-23-12-15(9-21-23)17-10-20-11-18(17)19(24)22-16-7-14(8-16)13-5-3-2-4-6-13/h2-6,9,12,14,16-18,20H,7-8,10-11H2,1H3,(H,22,24)/t14?,16?,17-,18+/m1/s1. The minimum atomic E-state index is 0.00461. The molecule has 1 saturated heterocycles. The number of nitrogens with one attached hydrogen (secondary N) is 2. The molecule has 2 aliphatic rings. The lowest BCUT2D eigenvalue weighted by molar-refractivity contribution is -0.126. The van der Waals surface area contributed by atoms with Gasteiger partial charge in [0.05, 0.1) is 12.1 Å². The van der Waals surface area contributed by atoms with Gasteiger partial charge in [0.15, 0.2) is 0 Å². The van der Waals surface area contributed by atoms with Gasteiger partial charge in [0.1, 0.15) is 0 Å². The maximum absolute atomic E-state index is 12.7. The molecular weight excluding hydrogens is 300 g/mol. The van der Waals surface area contributed by atoms with Crippen LogP contribution in [-0.4, -0.2) is 34.8 Å². The second-order valence-corrected chi connectivity index (χ2v) is 7.10. The molecule has 2 N–H and O–H groups in total. The Morgan fingerprint density at radius 3 is 2.71 bits per heavy atom. The maximum atomic E-state index is 12.7. The molecule has 2 aromatic rings. The highest BCUT2D eigenvalue weighted by Crippen LogP contribution is 2.37. The van der Waals surface area contributed by atoms with E-state index in [1.165, 1.54) is 5.56 Å². The van der Waals surface area contributed by atoms with E-state index in [-0.39, 0.29) is 17.7 Å². The van der Waals surface area contributed by atoms with Crippen LogP contribution in [0.25, 0.3) is 0 Å². The van der Waals surface area contributed by atoms with Gasteiger partial charge in [0.2, 0.25) is 5.91 Å². The molecule has 5 heteroatoms. The van der Waals surface area contributed by atoms with Crippen LogP contribution in [0.5, 0.6) is 0 Å². The fourth-order valence-corrected chi connectivity index (χ4v) is 3.98. The van der Waals surface area contributed by atoms with Gasteiger partial charge >= 0.3 is 0 Å². The number of amides is 1. The second-order valence-electron chi connectivity index (χ2n) is 7.10. The molecule has 0 spiro atoms. The third-order valence-electron chi connectivity index (χ3n) is 5.46. The van der Waals surface area contributed by atoms with Crippen molar-refractivity contribution in [1.29, 1.82) is 0 Å². The summed E-state index contributed by atoms with van der Waals surface area (Å²) in [7, 11) is 1.92. The summed E-state index contributed by atoms with van der Waals surface area (Å²) in [4.78, 5) is 12.7. The van der Waals surface area contributed by atoms with Crippen LogP contribution in [0.3, 0.4) is 0 Å². The Labute approximate surface area is 142 Å². The van der Waals surface area contributed by atoms with Crippen LogP contribution in [-0.2, 0) is 11.8 Å². The van der Waals surface area contributed by atoms with Crippen LogP contribution < -0.4 is 10.6 Å². The Hall–Kier alpha value is -2.14. The van der Waals surface area contributed by atoms with Gasteiger partial charge in [-0.3, -0.25) is 9.48 Å². The fraction of sp³-hybridized carbons (Fsp3) is 0.474. The first kappa shape index (κ1) is 15.4. The number of benzene rings is 1. The fourth-order valence-electron chi connectivity index (χ4n) is 3.98. The highest BCUT2D eigenvalue weighted by Gasteiger charge is 2.38. The number of aryl methyl sites for hydroxylation is 1. The van der Waals surface area contributed by atoms with Gasteiger partial charge in [-0.05, 0) is 29.9 Å². The minimum Gasteiger partial charge on any atom is -0.353 e. The largest absolute Gasteiger partial charge is 0.353 e. The van der Waals surface area contributed by atoms with Gasteiger partial charge in [-0.15, -0.1) is 0 Å². The average Bonchev–Trinajstić information content (AvgIpc) is 3.19. The smallest absolute Gasteiger partial charge is 0.225 e. The minimum absolute atomic E-state index is 0.00461. The zero-order chi connectivity index (χ0) is 16.5. The van der Waals surface area contributed by atoms with Gasteiger partial charge in [0.25, 0.3) is 0 Å². The zero-order valence-electron chi connectivity index (χ0n) is 14.0. The predicted molar refractivity (Wildman–Crippen MR) is 92.7 cm³/mol. The average molecular weight is 324 g/mol. The van der Waals surface area contributed by atoms with E-state index in [1.807, 2.05) is 25.5 Å². The number of hydrogen-bond donors (Lipinski definition) is 2. The van der Waals surface area contributed by atoms with Gasteiger partial charge < -0.3 is 10.6 Å². The molecule has 1 aromatic carbocycles. The number of aromatic nitrogens is 2. The molecule has 2 heterocycles. The number of carbonyl (C=O) groups is 1. The van der Waals surface area contributed by atoms with Crippen LogP contribution >= 0.6 is 0 Å². The lowest BCUT2D eigenvalue weighted by Gasteiger charge is -2.37. The first-order chi connectivity index (χ1) is 11.7. The molecule has 2 fully saturated rings. The molecule has 1 amide bonds. The molecule has 2 atom stereocenters. The molecule has 0 radical (unpaired) electrons. The molecule has 1 aliphatic heterocycles. The van der Waals surface area contributed by atoms with Crippen LogP contribution in [0.4, 0.5) is 0 Å². The molecule has 0 unspecified atom stereocenters. The van der Waals surface area contributed by atoms with Crippen LogP contribution in [0.15, 0.2) is 42.7 Å². The molecule has 5 nitrogen and oxygen atoms in total. The van der Waals surface area contributed by atoms with Crippen molar-refractivity contribution >= 4 is 5.91 Å². The Kier molecular flexibility index (Phi) is 4.10. The Bertz CT molecular complexity index is 705. The number of carbonyl (C=O) groups excluding carboxylic acids is 1. The molecule has 1 aliphatic carbocycles. The Morgan fingerprint density at radius 1 is 1.21 bits per heavy atom. The van der Waals surface area contributed by atoms with Crippen molar-refractivity contribution in [1.82, 2.24) is 20.4 Å². The Morgan fingerprint density at radius 2 is 2.00 bits per heavy atom. The molecule has 0 bridgehead atoms. The third-order valence-corrected chi connectivity index (χ3v) is 5.46. The third kappa shape index (κ3) is 2.96. The van der Waals surface area contributed by atoms with Crippen molar-refractivity contribution < 1.29 is 4.79 Å². The highest BCUT2D eigenvalue weighted by atomic mass is 16.2. The van der Waals surface area contributed by atoms with Crippen molar-refractivity contribution in [2.75, 3.05) is 13.1 Å². The summed E-state index contributed by atoms with van der Waals surface area (Å²) in [5, 5.41) is 10.9. The van der Waals surface area contributed by atoms with E-state index in [4.69, 9.17) is 0 Å². The number of nitrogens with zero attached hydrogens (tertiary/aromatic N) is 2. The first-order valence-corrected chi connectivity index (χ1v) is 8.75. The SMILES string of the molecule is Cn1cc([C@H]2CNC[C@@H]2C(=O)NC2CC(c3ccccc3)C2)cn1. The lowest BCUT2D eigenvalue weighted by atomic mass is 9.75. The summed E-state index contributed by atoms with van der Waals surface area (Å²) in [6, 6.07) is 10.9. The summed E-state index contributed by atoms with van der Waals surface area (Å²) < 4.78 is 1.80. The van der Waals surface area contributed by atoms with Crippen molar-refractivity contribution in [3.8, 4) is 0 Å². The number of hydrogen-bond acceptors (Lipinski definition) is 3. The van der Waals surface area contributed by atoms with E-state index in [9.17, 15) is 4.79 Å². The molecule has 1 aromatic heterocycles. The molecule has 24 heavy (non-hydrogen) atoms. The van der Waals surface area contributed by atoms with Crippen molar-refractivity contribution in [3.05, 3.63) is 53.9 Å². The van der Waals surface area contributed by atoms with Crippen LogP contribution in [0.1, 0.15) is 35.8 Å². The lowest BCUT2D eigenvalue weighted by Crippen LogP contribution is -2.46. The first-order valence-electron chi connectivity index (χ1n) is 8.75. The summed E-state index contributed by atoms with van der Waals surface area (Å²) in [5.74, 6) is 1.01. The van der Waals surface area contributed by atoms with E-state index >= 15 is 0 Å². The van der Waals surface area contributed by atoms with E-state index in [0.717, 1.165) is 31.5 Å². The van der Waals surface area contributed by atoms with Crippen molar-refractivity contribution in [3.63, 3.8) is 0 Å². The van der Waals surface area contributed by atoms with Gasteiger partial charge in [0, 0.05) is 38.3 Å². The Balaban J connectivity index is 1.33. The molecule has 4 rings (SSSR count). The van der Waals surface area contributed by atoms with E-state index < -0.39 is 0 Å². The highest BCUT2D eigenvalue weighted by molar-refractivity contribution is 5.81. The van der Waals surface area contributed by atoms with Crippen molar-refractivity contribution in [2.24, 2.45) is 13.0 Å². The molecular formula is C19H24N4O.